The zero-order chi connectivity index (χ0) is 23.3. The van der Waals surface area contributed by atoms with Crippen LogP contribution >= 0.6 is 0 Å². The molecule has 0 amide bonds. The van der Waals surface area contributed by atoms with Gasteiger partial charge in [-0.25, -0.2) is 0 Å². The van der Waals surface area contributed by atoms with E-state index in [1.807, 2.05) is 0 Å². The third kappa shape index (κ3) is 29.8. The van der Waals surface area contributed by atoms with Crippen molar-refractivity contribution in [2.45, 2.75) is 124 Å². The summed E-state index contributed by atoms with van der Waals surface area (Å²) >= 11 is 0. The predicted octanol–water partition coefficient (Wildman–Crippen LogP) is 7.58. The molecular formula is C27H56O4. The molecule has 188 valence electrons. The van der Waals surface area contributed by atoms with Gasteiger partial charge in [0.25, 0.3) is 0 Å². The van der Waals surface area contributed by atoms with E-state index in [1.54, 1.807) is 0 Å². The first-order valence-electron chi connectivity index (χ1n) is 13.1. The second-order valence-corrected chi connectivity index (χ2v) is 11.0. The molecule has 0 N–H and O–H groups in total. The summed E-state index contributed by atoms with van der Waals surface area (Å²) in [7, 11) is 0. The lowest BCUT2D eigenvalue weighted by Crippen LogP contribution is -2.19. The molecule has 0 radical (unpaired) electrons. The van der Waals surface area contributed by atoms with Crippen molar-refractivity contribution in [2.75, 3.05) is 46.2 Å². The molecule has 0 aromatic heterocycles. The van der Waals surface area contributed by atoms with Gasteiger partial charge in [-0.2, -0.15) is 0 Å². The maximum Gasteiger partial charge on any atom is 0.0598 e. The molecule has 0 spiro atoms. The van der Waals surface area contributed by atoms with Gasteiger partial charge in [-0.1, -0.05) is 40.0 Å². The lowest BCUT2D eigenvalue weighted by atomic mass is 9.89. The van der Waals surface area contributed by atoms with Crippen LogP contribution < -0.4 is 0 Å². The monoisotopic (exact) mass is 444 g/mol. The Balaban J connectivity index is 3.07. The summed E-state index contributed by atoms with van der Waals surface area (Å²) in [4.78, 5) is 0. The van der Waals surface area contributed by atoms with Crippen molar-refractivity contribution in [2.24, 2.45) is 5.41 Å². The minimum absolute atomic E-state index is 0.0161. The third-order valence-corrected chi connectivity index (χ3v) is 5.09. The van der Waals surface area contributed by atoms with Crippen LogP contribution in [0.25, 0.3) is 0 Å². The van der Waals surface area contributed by atoms with E-state index < -0.39 is 0 Å². The molecule has 4 heteroatoms. The summed E-state index contributed by atoms with van der Waals surface area (Å²) in [6.45, 7) is 19.4. The lowest BCUT2D eigenvalue weighted by molar-refractivity contribution is -0.00538. The van der Waals surface area contributed by atoms with E-state index in [2.05, 4.69) is 41.5 Å². The zero-order valence-corrected chi connectivity index (χ0v) is 22.1. The molecule has 0 atom stereocenters. The second-order valence-electron chi connectivity index (χ2n) is 11.0. The molecule has 0 saturated carbocycles. The molecular weight excluding hydrogens is 388 g/mol. The van der Waals surface area contributed by atoms with E-state index in [0.29, 0.717) is 5.41 Å². The molecule has 0 unspecified atom stereocenters. The molecule has 0 aromatic carbocycles. The van der Waals surface area contributed by atoms with Crippen LogP contribution in [-0.4, -0.2) is 51.8 Å². The Kier molecular flexibility index (Phi) is 20.3. The first-order chi connectivity index (χ1) is 14.7. The molecule has 0 bridgehead atoms. The lowest BCUT2D eigenvalue weighted by Gasteiger charge is -2.19. The standard InChI is InChI=1S/C27H56O4/c1-26(2,3)18-10-7-8-11-19-28-21-14-16-23-30-24-17-15-22-29-20-12-9-13-25-31-27(4,5)6/h7-25H2,1-6H3. The summed E-state index contributed by atoms with van der Waals surface area (Å²) in [6.07, 6.45) is 14.3. The van der Waals surface area contributed by atoms with Gasteiger partial charge in [-0.05, 0) is 84.0 Å². The molecule has 0 aliphatic carbocycles. The first kappa shape index (κ1) is 30.8. The first-order valence-corrected chi connectivity index (χ1v) is 13.1. The fraction of sp³-hybridized carbons (Fsp3) is 1.00. The minimum Gasteiger partial charge on any atom is -0.381 e. The van der Waals surface area contributed by atoms with E-state index in [1.165, 1.54) is 38.5 Å². The molecule has 31 heavy (non-hydrogen) atoms. The smallest absolute Gasteiger partial charge is 0.0598 e. The maximum atomic E-state index is 5.73. The number of hydrogen-bond acceptors (Lipinski definition) is 4. The van der Waals surface area contributed by atoms with Gasteiger partial charge >= 0.3 is 0 Å². The van der Waals surface area contributed by atoms with Gasteiger partial charge in [0.2, 0.25) is 0 Å². The molecule has 0 aliphatic rings. The number of hydrogen-bond donors (Lipinski definition) is 0. The summed E-state index contributed by atoms with van der Waals surface area (Å²) < 4.78 is 22.9. The van der Waals surface area contributed by atoms with Crippen LogP contribution in [-0.2, 0) is 18.9 Å². The highest BCUT2D eigenvalue weighted by Crippen LogP contribution is 2.22. The van der Waals surface area contributed by atoms with Crippen molar-refractivity contribution in [1.29, 1.82) is 0 Å². The quantitative estimate of drug-likeness (QED) is 0.161. The Morgan fingerprint density at radius 2 is 0.710 bits per heavy atom. The number of unbranched alkanes of at least 4 members (excludes halogenated alkanes) is 7. The SMILES string of the molecule is CC(C)(C)CCCCCCOCCCCOCCCCOCCCCCOC(C)(C)C. The minimum atomic E-state index is -0.0161. The Morgan fingerprint density at radius 3 is 1.10 bits per heavy atom. The Morgan fingerprint density at radius 1 is 0.387 bits per heavy atom. The summed E-state index contributed by atoms with van der Waals surface area (Å²) in [5.41, 5.74) is 0.464. The zero-order valence-electron chi connectivity index (χ0n) is 22.1. The molecule has 0 rings (SSSR count). The highest BCUT2D eigenvalue weighted by atomic mass is 16.5. The molecule has 0 heterocycles. The van der Waals surface area contributed by atoms with Crippen LogP contribution in [0.1, 0.15) is 119 Å². The van der Waals surface area contributed by atoms with Gasteiger partial charge in [0.1, 0.15) is 0 Å². The summed E-state index contributed by atoms with van der Waals surface area (Å²) in [5.74, 6) is 0. The average molecular weight is 445 g/mol. The average Bonchev–Trinajstić information content (AvgIpc) is 2.67. The van der Waals surface area contributed by atoms with E-state index >= 15 is 0 Å². The summed E-state index contributed by atoms with van der Waals surface area (Å²) in [6, 6.07) is 0. The Hall–Kier alpha value is -0.160. The van der Waals surface area contributed by atoms with E-state index in [0.717, 1.165) is 84.8 Å². The van der Waals surface area contributed by atoms with Crippen molar-refractivity contribution in [3.63, 3.8) is 0 Å². The molecule has 0 aliphatic heterocycles. The van der Waals surface area contributed by atoms with Crippen molar-refractivity contribution < 1.29 is 18.9 Å². The van der Waals surface area contributed by atoms with Crippen LogP contribution in [0.2, 0.25) is 0 Å². The van der Waals surface area contributed by atoms with Crippen LogP contribution in [0.4, 0.5) is 0 Å². The van der Waals surface area contributed by atoms with Gasteiger partial charge < -0.3 is 18.9 Å². The van der Waals surface area contributed by atoms with Gasteiger partial charge in [0.15, 0.2) is 0 Å². The fourth-order valence-corrected chi connectivity index (χ4v) is 3.20. The van der Waals surface area contributed by atoms with Crippen LogP contribution in [0.3, 0.4) is 0 Å². The topological polar surface area (TPSA) is 36.9 Å². The van der Waals surface area contributed by atoms with Gasteiger partial charge in [0.05, 0.1) is 5.60 Å². The largest absolute Gasteiger partial charge is 0.381 e. The third-order valence-electron chi connectivity index (χ3n) is 5.09. The highest BCUT2D eigenvalue weighted by molar-refractivity contribution is 4.61. The Labute approximate surface area is 195 Å². The van der Waals surface area contributed by atoms with E-state index in [-0.39, 0.29) is 5.60 Å². The normalized spacial score (nSPS) is 12.6. The second kappa shape index (κ2) is 20.4. The van der Waals surface area contributed by atoms with Crippen molar-refractivity contribution in [1.82, 2.24) is 0 Å². The maximum absolute atomic E-state index is 5.73. The molecule has 4 nitrogen and oxygen atoms in total. The highest BCUT2D eigenvalue weighted by Gasteiger charge is 2.09. The van der Waals surface area contributed by atoms with Gasteiger partial charge in [-0.15, -0.1) is 0 Å². The molecule has 0 aromatic rings. The van der Waals surface area contributed by atoms with Crippen molar-refractivity contribution in [3.05, 3.63) is 0 Å². The van der Waals surface area contributed by atoms with Crippen molar-refractivity contribution >= 4 is 0 Å². The van der Waals surface area contributed by atoms with E-state index in [9.17, 15) is 0 Å². The predicted molar refractivity (Wildman–Crippen MR) is 133 cm³/mol. The van der Waals surface area contributed by atoms with Gasteiger partial charge in [0, 0.05) is 46.2 Å². The van der Waals surface area contributed by atoms with Crippen LogP contribution in [0, 0.1) is 5.41 Å². The van der Waals surface area contributed by atoms with Crippen LogP contribution in [0.15, 0.2) is 0 Å². The Bertz CT molecular complexity index is 323. The van der Waals surface area contributed by atoms with Gasteiger partial charge in [-0.3, -0.25) is 0 Å². The van der Waals surface area contributed by atoms with E-state index in [4.69, 9.17) is 18.9 Å². The summed E-state index contributed by atoms with van der Waals surface area (Å²) in [5, 5.41) is 0. The molecule has 0 fully saturated rings. The number of ether oxygens (including phenoxy) is 4. The number of rotatable bonds is 22. The fourth-order valence-electron chi connectivity index (χ4n) is 3.20. The van der Waals surface area contributed by atoms with Crippen LogP contribution in [0.5, 0.6) is 0 Å². The van der Waals surface area contributed by atoms with Crippen molar-refractivity contribution in [3.8, 4) is 0 Å². The molecule has 0 saturated heterocycles.